The van der Waals surface area contributed by atoms with E-state index in [2.05, 4.69) is 18.9 Å². The summed E-state index contributed by atoms with van der Waals surface area (Å²) in [5.41, 5.74) is -0.363. The van der Waals surface area contributed by atoms with E-state index in [9.17, 15) is 5.11 Å². The number of unbranched alkanes of at least 4 members (excludes halogenated alkanes) is 4. The van der Waals surface area contributed by atoms with Crippen molar-refractivity contribution in [2.75, 3.05) is 20.1 Å². The first-order valence-electron chi connectivity index (χ1n) is 7.07. The van der Waals surface area contributed by atoms with E-state index in [-0.39, 0.29) is 5.60 Å². The molecule has 96 valence electrons. The summed E-state index contributed by atoms with van der Waals surface area (Å²) >= 11 is 0. The smallest absolute Gasteiger partial charge is 0.0774 e. The second-order valence-electron chi connectivity index (χ2n) is 5.58. The van der Waals surface area contributed by atoms with Crippen molar-refractivity contribution in [2.24, 2.45) is 0 Å². The van der Waals surface area contributed by atoms with E-state index in [4.69, 9.17) is 0 Å². The van der Waals surface area contributed by atoms with Gasteiger partial charge >= 0.3 is 0 Å². The molecule has 0 aromatic heterocycles. The molecule has 0 unspecified atom stereocenters. The van der Waals surface area contributed by atoms with Crippen LogP contribution in [0.25, 0.3) is 0 Å². The van der Waals surface area contributed by atoms with Gasteiger partial charge in [0, 0.05) is 6.54 Å². The Hall–Kier alpha value is -0.0800. The molecule has 2 nitrogen and oxygen atoms in total. The number of hydrogen-bond donors (Lipinski definition) is 1. The lowest BCUT2D eigenvalue weighted by molar-refractivity contribution is 0.0161. The van der Waals surface area contributed by atoms with Crippen molar-refractivity contribution in [1.82, 2.24) is 4.90 Å². The number of likely N-dealkylation sites (N-methyl/N-ethyl adjacent to an activating group) is 1. The van der Waals surface area contributed by atoms with Crippen LogP contribution in [0.1, 0.15) is 64.7 Å². The first kappa shape index (κ1) is 14.0. The molecule has 0 heterocycles. The van der Waals surface area contributed by atoms with Gasteiger partial charge in [0.2, 0.25) is 0 Å². The van der Waals surface area contributed by atoms with Gasteiger partial charge in [-0.25, -0.2) is 0 Å². The molecule has 0 atom stereocenters. The third kappa shape index (κ3) is 5.31. The predicted octanol–water partition coefficient (Wildman–Crippen LogP) is 3.19. The fourth-order valence-corrected chi connectivity index (χ4v) is 2.76. The lowest BCUT2D eigenvalue weighted by atomic mass is 10.0. The zero-order chi connectivity index (χ0) is 11.9. The zero-order valence-electron chi connectivity index (χ0n) is 11.2. The average molecular weight is 227 g/mol. The van der Waals surface area contributed by atoms with Crippen LogP contribution in [-0.4, -0.2) is 35.7 Å². The molecule has 1 N–H and O–H groups in total. The maximum Gasteiger partial charge on any atom is 0.0774 e. The van der Waals surface area contributed by atoms with Crippen LogP contribution in [0.2, 0.25) is 0 Å². The number of aliphatic hydroxyl groups is 1. The Balaban J connectivity index is 2.04. The number of rotatable bonds is 8. The summed E-state index contributed by atoms with van der Waals surface area (Å²) in [5, 5.41) is 10.3. The highest BCUT2D eigenvalue weighted by atomic mass is 16.3. The Morgan fingerprint density at radius 2 is 1.69 bits per heavy atom. The van der Waals surface area contributed by atoms with Crippen molar-refractivity contribution in [3.63, 3.8) is 0 Å². The van der Waals surface area contributed by atoms with E-state index >= 15 is 0 Å². The molecule has 1 fully saturated rings. The van der Waals surface area contributed by atoms with Gasteiger partial charge in [0.1, 0.15) is 0 Å². The third-order valence-corrected chi connectivity index (χ3v) is 3.74. The Labute approximate surface area is 101 Å². The van der Waals surface area contributed by atoms with E-state index in [0.29, 0.717) is 0 Å². The maximum atomic E-state index is 10.3. The van der Waals surface area contributed by atoms with Crippen molar-refractivity contribution < 1.29 is 5.11 Å². The van der Waals surface area contributed by atoms with Crippen molar-refractivity contribution in [3.8, 4) is 0 Å². The third-order valence-electron chi connectivity index (χ3n) is 3.74. The summed E-state index contributed by atoms with van der Waals surface area (Å²) < 4.78 is 0. The minimum atomic E-state index is -0.363. The molecule has 1 aliphatic carbocycles. The predicted molar refractivity (Wildman–Crippen MR) is 69.7 cm³/mol. The number of hydrogen-bond acceptors (Lipinski definition) is 2. The number of nitrogens with zero attached hydrogens (tertiary/aromatic N) is 1. The Kier molecular flexibility index (Phi) is 6.37. The molecule has 0 saturated heterocycles. The van der Waals surface area contributed by atoms with E-state index in [0.717, 1.165) is 25.9 Å². The van der Waals surface area contributed by atoms with Gasteiger partial charge in [-0.1, -0.05) is 45.4 Å². The Morgan fingerprint density at radius 3 is 2.31 bits per heavy atom. The largest absolute Gasteiger partial charge is 0.389 e. The van der Waals surface area contributed by atoms with Crippen LogP contribution in [0.4, 0.5) is 0 Å². The van der Waals surface area contributed by atoms with Crippen LogP contribution in [-0.2, 0) is 0 Å². The summed E-state index contributed by atoms with van der Waals surface area (Å²) in [6, 6.07) is 0. The van der Waals surface area contributed by atoms with Crippen molar-refractivity contribution in [3.05, 3.63) is 0 Å². The second kappa shape index (κ2) is 7.29. The molecule has 16 heavy (non-hydrogen) atoms. The highest BCUT2D eigenvalue weighted by molar-refractivity contribution is 4.86. The molecular formula is C14H29NO. The van der Waals surface area contributed by atoms with E-state index < -0.39 is 0 Å². The van der Waals surface area contributed by atoms with Crippen LogP contribution < -0.4 is 0 Å². The normalized spacial score (nSPS) is 19.5. The minimum absolute atomic E-state index is 0.363. The molecule has 0 radical (unpaired) electrons. The molecule has 1 saturated carbocycles. The molecule has 0 aromatic carbocycles. The topological polar surface area (TPSA) is 23.5 Å². The molecular weight excluding hydrogens is 198 g/mol. The maximum absolute atomic E-state index is 10.3. The molecule has 2 heteroatoms. The summed E-state index contributed by atoms with van der Waals surface area (Å²) in [6.45, 7) is 4.27. The van der Waals surface area contributed by atoms with Crippen LogP contribution in [0.15, 0.2) is 0 Å². The minimum Gasteiger partial charge on any atom is -0.389 e. The van der Waals surface area contributed by atoms with Crippen LogP contribution in [0, 0.1) is 0 Å². The molecule has 0 aliphatic heterocycles. The summed E-state index contributed by atoms with van der Waals surface area (Å²) in [4.78, 5) is 2.32. The first-order chi connectivity index (χ1) is 7.66. The second-order valence-corrected chi connectivity index (χ2v) is 5.58. The lowest BCUT2D eigenvalue weighted by Gasteiger charge is -2.28. The van der Waals surface area contributed by atoms with Gasteiger partial charge < -0.3 is 10.0 Å². The monoisotopic (exact) mass is 227 g/mol. The van der Waals surface area contributed by atoms with E-state index in [1.165, 1.54) is 44.9 Å². The quantitative estimate of drug-likeness (QED) is 0.644. The first-order valence-corrected chi connectivity index (χ1v) is 7.07. The van der Waals surface area contributed by atoms with Crippen molar-refractivity contribution >= 4 is 0 Å². The molecule has 0 aromatic rings. The van der Waals surface area contributed by atoms with Gasteiger partial charge in [0.25, 0.3) is 0 Å². The summed E-state index contributed by atoms with van der Waals surface area (Å²) in [5.74, 6) is 0. The lowest BCUT2D eigenvalue weighted by Crippen LogP contribution is -2.39. The van der Waals surface area contributed by atoms with Crippen molar-refractivity contribution in [1.29, 1.82) is 0 Å². The van der Waals surface area contributed by atoms with Gasteiger partial charge in [0.15, 0.2) is 0 Å². The highest BCUT2D eigenvalue weighted by Gasteiger charge is 2.31. The van der Waals surface area contributed by atoms with Crippen LogP contribution in [0.5, 0.6) is 0 Å². The average Bonchev–Trinajstić information content (AvgIpc) is 2.64. The van der Waals surface area contributed by atoms with Crippen LogP contribution in [0.3, 0.4) is 0 Å². The summed E-state index contributed by atoms with van der Waals surface area (Å²) in [6.07, 6.45) is 11.1. The SMILES string of the molecule is CCCCCCCN(C)CC1(O)CCCC1. The fraction of sp³-hybridized carbons (Fsp3) is 1.00. The zero-order valence-corrected chi connectivity index (χ0v) is 11.2. The van der Waals surface area contributed by atoms with Gasteiger partial charge in [0.05, 0.1) is 5.60 Å². The Bertz CT molecular complexity index is 176. The molecule has 0 amide bonds. The molecule has 1 rings (SSSR count). The summed E-state index contributed by atoms with van der Waals surface area (Å²) in [7, 11) is 2.15. The highest BCUT2D eigenvalue weighted by Crippen LogP contribution is 2.29. The molecule has 0 spiro atoms. The molecule has 1 aliphatic rings. The van der Waals surface area contributed by atoms with E-state index in [1.807, 2.05) is 0 Å². The molecule has 0 bridgehead atoms. The van der Waals surface area contributed by atoms with Gasteiger partial charge in [-0.3, -0.25) is 0 Å². The fourth-order valence-electron chi connectivity index (χ4n) is 2.76. The van der Waals surface area contributed by atoms with Gasteiger partial charge in [-0.15, -0.1) is 0 Å². The standard InChI is InChI=1S/C14H29NO/c1-3-4-5-6-9-12-15(2)13-14(16)10-7-8-11-14/h16H,3-13H2,1-2H3. The Morgan fingerprint density at radius 1 is 1.06 bits per heavy atom. The van der Waals surface area contributed by atoms with E-state index in [1.54, 1.807) is 0 Å². The van der Waals surface area contributed by atoms with Crippen molar-refractivity contribution in [2.45, 2.75) is 70.3 Å². The van der Waals surface area contributed by atoms with Gasteiger partial charge in [-0.05, 0) is 32.9 Å². The van der Waals surface area contributed by atoms with Gasteiger partial charge in [-0.2, -0.15) is 0 Å². The van der Waals surface area contributed by atoms with Crippen LogP contribution >= 0.6 is 0 Å².